The maximum absolute atomic E-state index is 14.7. The number of amides is 8. The Morgan fingerprint density at radius 2 is 1.27 bits per heavy atom. The summed E-state index contributed by atoms with van der Waals surface area (Å²) in [5, 5.41) is 24.3. The number of unbranched alkanes of at least 4 members (excludes halogenated alkanes) is 2. The molecule has 1 saturated heterocycles. The van der Waals surface area contributed by atoms with E-state index in [0.717, 1.165) is 52.6 Å². The number of carbonyl (C=O) groups excluding carboxylic acids is 8. The number of fused-ring (bicyclic) bond motifs is 6. The van der Waals surface area contributed by atoms with Crippen LogP contribution in [0.3, 0.4) is 0 Å². The van der Waals surface area contributed by atoms with Crippen LogP contribution in [0.1, 0.15) is 120 Å². The van der Waals surface area contributed by atoms with Gasteiger partial charge in [0.25, 0.3) is 11.8 Å². The number of carbonyl (C=O) groups is 8. The van der Waals surface area contributed by atoms with Gasteiger partial charge in [-0.3, -0.25) is 34.2 Å². The fourth-order valence-corrected chi connectivity index (χ4v) is 14.3. The number of hydrogen-bond acceptors (Lipinski definition) is 20. The zero-order valence-electron chi connectivity index (χ0n) is 64.2. The normalized spacial score (nSPS) is 16.1. The van der Waals surface area contributed by atoms with Gasteiger partial charge in [-0.2, -0.15) is 0 Å². The van der Waals surface area contributed by atoms with Gasteiger partial charge in [-0.05, 0) is 126 Å². The molecule has 1 spiro atoms. The second-order valence-electron chi connectivity index (χ2n) is 28.7. The lowest BCUT2D eigenvalue weighted by Crippen LogP contribution is -2.53. The summed E-state index contributed by atoms with van der Waals surface area (Å²) < 4.78 is 63.2. The van der Waals surface area contributed by atoms with E-state index in [2.05, 4.69) is 57.4 Å². The molecule has 0 aromatic heterocycles. The molecule has 28 heteroatoms. The van der Waals surface area contributed by atoms with Gasteiger partial charge in [-0.1, -0.05) is 111 Å². The standard InChI is InChI=1S/C84H102N8O20/c1-7-31-110-83(101)91-49-61-47-84(28-29-84)53-92(61)80(98)67-44-72(103-6)74(46-70(67)91)109-33-16-8-15-32-108-73-45-69(66(43-71(73)102-5)79(97)90-48-58-18-10-9-17-57(58)42-60(90)50-93)88-82(100)111-51-56-23-25-59(26-24-56)87-77(95)55(4)86-78(96)76(54(2)3)89-75(94)27-34-104-36-38-106-40-41-107-39-37-105-35-30-85-81(99)112-52-68-64-21-13-11-19-62(64)63-20-12-14-22-65(63)68/h7,9-14,17-26,43-46,54-55,60-61,68,76,93H,1,8,15-16,27-42,47-53H2,2-6H3,(H,85,99)(H,86,96)(H,87,95)(H,88,100)(H,89,94)/t55-,60-,61-,76-/m0/s1. The molecule has 2 aliphatic carbocycles. The predicted molar refractivity (Wildman–Crippen MR) is 416 cm³/mol. The van der Waals surface area contributed by atoms with Gasteiger partial charge >= 0.3 is 18.3 Å². The largest absolute Gasteiger partial charge is 0.493 e. The highest BCUT2D eigenvalue weighted by molar-refractivity contribution is 6.06. The van der Waals surface area contributed by atoms with E-state index < -0.39 is 60.0 Å². The van der Waals surface area contributed by atoms with Crippen LogP contribution in [0.15, 0.2) is 134 Å². The minimum atomic E-state index is -1.01. The number of anilines is 3. The minimum absolute atomic E-state index is 0.00972. The molecule has 11 rings (SSSR count). The van der Waals surface area contributed by atoms with Crippen LogP contribution in [0, 0.1) is 11.3 Å². The Labute approximate surface area is 652 Å². The second kappa shape index (κ2) is 39.9. The smallest absolute Gasteiger partial charge is 0.414 e. The van der Waals surface area contributed by atoms with Crippen molar-refractivity contribution >= 4 is 64.9 Å². The summed E-state index contributed by atoms with van der Waals surface area (Å²) in [7, 11) is 2.94. The highest BCUT2D eigenvalue weighted by Crippen LogP contribution is 2.56. The van der Waals surface area contributed by atoms with Crippen molar-refractivity contribution < 1.29 is 95.6 Å². The fraction of sp³-hybridized carbons (Fsp3) is 0.452. The molecule has 4 atom stereocenters. The highest BCUT2D eigenvalue weighted by atomic mass is 16.6. The van der Waals surface area contributed by atoms with Crippen molar-refractivity contribution in [3.63, 3.8) is 0 Å². The van der Waals surface area contributed by atoms with Gasteiger partial charge in [0.15, 0.2) is 23.0 Å². The van der Waals surface area contributed by atoms with E-state index in [0.29, 0.717) is 99.3 Å². The van der Waals surface area contributed by atoms with Gasteiger partial charge in [0.2, 0.25) is 17.7 Å². The lowest BCUT2D eigenvalue weighted by atomic mass is 9.93. The zero-order chi connectivity index (χ0) is 79.1. The number of nitrogens with zero attached hydrogens (tertiary/aromatic N) is 3. The number of ether oxygens (including phenoxy) is 11. The van der Waals surface area contributed by atoms with Gasteiger partial charge in [-0.25, -0.2) is 14.4 Å². The topological polar surface area (TPSA) is 328 Å². The molecular formula is C84H102N8O20. The van der Waals surface area contributed by atoms with Gasteiger partial charge in [0.05, 0.1) is 121 Å². The van der Waals surface area contributed by atoms with E-state index in [9.17, 15) is 43.5 Å². The average Bonchev–Trinajstić information content (AvgIpc) is 1.57. The minimum Gasteiger partial charge on any atom is -0.493 e. The van der Waals surface area contributed by atoms with Crippen LogP contribution in [0.2, 0.25) is 0 Å². The van der Waals surface area contributed by atoms with Crippen molar-refractivity contribution in [1.82, 2.24) is 25.8 Å². The molecule has 0 unspecified atom stereocenters. The first-order chi connectivity index (χ1) is 54.4. The molecule has 0 radical (unpaired) electrons. The number of methoxy groups -OCH3 is 2. The van der Waals surface area contributed by atoms with Crippen LogP contribution >= 0.6 is 0 Å². The Balaban J connectivity index is 0.584. The van der Waals surface area contributed by atoms with Crippen LogP contribution in [0.25, 0.3) is 11.1 Å². The molecule has 28 nitrogen and oxygen atoms in total. The Morgan fingerprint density at radius 3 is 1.91 bits per heavy atom. The number of alkyl carbamates (subject to hydrolysis) is 1. The van der Waals surface area contributed by atoms with Gasteiger partial charge in [0.1, 0.15) is 31.9 Å². The quantitative estimate of drug-likeness (QED) is 0.0118. The number of rotatable bonds is 40. The summed E-state index contributed by atoms with van der Waals surface area (Å²) in [6.45, 7) is 12.5. The number of hydrogen-bond donors (Lipinski definition) is 6. The zero-order valence-corrected chi connectivity index (χ0v) is 64.2. The van der Waals surface area contributed by atoms with Crippen molar-refractivity contribution in [2.24, 2.45) is 11.3 Å². The number of benzene rings is 6. The van der Waals surface area contributed by atoms with Crippen LogP contribution < -0.4 is 50.4 Å². The summed E-state index contributed by atoms with van der Waals surface area (Å²) in [5.41, 5.74) is 8.44. The van der Waals surface area contributed by atoms with Gasteiger partial charge in [-0.15, -0.1) is 0 Å². The highest BCUT2D eigenvalue weighted by Gasteiger charge is 2.55. The van der Waals surface area contributed by atoms with Crippen molar-refractivity contribution in [2.45, 2.75) is 115 Å². The van der Waals surface area contributed by atoms with Gasteiger partial charge in [0, 0.05) is 56.3 Å². The maximum Gasteiger partial charge on any atom is 0.414 e. The molecular weight excluding hydrogens is 1440 g/mol. The molecule has 6 N–H and O–H groups in total. The summed E-state index contributed by atoms with van der Waals surface area (Å²) in [6.07, 6.45) is 4.60. The molecule has 8 amide bonds. The van der Waals surface area contributed by atoms with E-state index in [1.165, 1.54) is 44.3 Å². The van der Waals surface area contributed by atoms with Crippen molar-refractivity contribution in [2.75, 3.05) is 135 Å². The van der Waals surface area contributed by atoms with Crippen LogP contribution in [-0.2, 0) is 67.1 Å². The average molecular weight is 1540 g/mol. The first kappa shape index (κ1) is 82.2. The van der Waals surface area contributed by atoms with E-state index in [4.69, 9.17) is 52.1 Å². The first-order valence-electron chi connectivity index (χ1n) is 38.3. The molecule has 112 heavy (non-hydrogen) atoms. The van der Waals surface area contributed by atoms with E-state index in [1.807, 2.05) is 53.4 Å². The summed E-state index contributed by atoms with van der Waals surface area (Å²) >= 11 is 0. The Kier molecular flexibility index (Phi) is 29.3. The molecule has 6 aromatic rings. The molecule has 1 saturated carbocycles. The lowest BCUT2D eigenvalue weighted by molar-refractivity contribution is -0.132. The van der Waals surface area contributed by atoms with E-state index in [-0.39, 0.29) is 137 Å². The van der Waals surface area contributed by atoms with Crippen molar-refractivity contribution in [1.29, 1.82) is 0 Å². The summed E-state index contributed by atoms with van der Waals surface area (Å²) in [5.74, 6) is -1.31. The lowest BCUT2D eigenvalue weighted by Gasteiger charge is -2.36. The first-order valence-corrected chi connectivity index (χ1v) is 38.3. The monoisotopic (exact) mass is 1540 g/mol. The van der Waals surface area contributed by atoms with Crippen molar-refractivity contribution in [3.05, 3.63) is 173 Å². The third-order valence-corrected chi connectivity index (χ3v) is 20.5. The Morgan fingerprint density at radius 1 is 0.643 bits per heavy atom. The Bertz CT molecular complexity index is 4240. The molecule has 0 bridgehead atoms. The molecule has 2 fully saturated rings. The molecule has 3 aliphatic heterocycles. The third kappa shape index (κ3) is 21.5. The van der Waals surface area contributed by atoms with Crippen LogP contribution in [0.5, 0.6) is 23.0 Å². The number of nitrogens with one attached hydrogen (secondary N) is 5. The predicted octanol–water partition coefficient (Wildman–Crippen LogP) is 10.4. The molecule has 3 heterocycles. The van der Waals surface area contributed by atoms with E-state index in [1.54, 1.807) is 55.1 Å². The fourth-order valence-electron chi connectivity index (χ4n) is 14.3. The molecule has 598 valence electrons. The molecule has 5 aliphatic rings. The van der Waals surface area contributed by atoms with Gasteiger partial charge < -0.3 is 88.3 Å². The SMILES string of the molecule is C=CCOC(=O)N1C[C@@H]2CC3(CC3)CN2C(=O)c2cc(OC)c(OCCCCCOc3cc(NC(=O)OCc4ccc(NC(=O)[C@H](C)NC(=O)[C@@H](NC(=O)CCOCCOCCOCCOCCNC(=O)OCC5c6ccccc6-c6ccccc65)C(C)C)cc4)c(C(=O)N4Cc5ccccc5C[C@H]4CO)cc3OC)cc21. The number of aliphatic hydroxyl groups is 1. The summed E-state index contributed by atoms with van der Waals surface area (Å²) in [6, 6.07) is 34.1. The molecule has 6 aromatic carbocycles. The third-order valence-electron chi connectivity index (χ3n) is 20.5. The second-order valence-corrected chi connectivity index (χ2v) is 28.7. The number of aliphatic hydroxyl groups excluding tert-OH is 1. The maximum atomic E-state index is 14.7. The van der Waals surface area contributed by atoms with Crippen LogP contribution in [0.4, 0.5) is 31.4 Å². The summed E-state index contributed by atoms with van der Waals surface area (Å²) in [4.78, 5) is 113. The van der Waals surface area contributed by atoms with E-state index >= 15 is 0 Å². The van der Waals surface area contributed by atoms with Crippen LogP contribution in [-0.4, -0.2) is 207 Å². The van der Waals surface area contributed by atoms with Crippen molar-refractivity contribution in [3.8, 4) is 34.1 Å². The Hall–Kier alpha value is -10.8.